The van der Waals surface area contributed by atoms with Gasteiger partial charge in [0.1, 0.15) is 18.4 Å². The van der Waals surface area contributed by atoms with Gasteiger partial charge in [0.25, 0.3) is 10.0 Å². The average molecular weight is 609 g/mol. The van der Waals surface area contributed by atoms with Crippen molar-refractivity contribution in [3.63, 3.8) is 0 Å². The van der Waals surface area contributed by atoms with Crippen LogP contribution < -0.4 is 9.62 Å². The lowest BCUT2D eigenvalue weighted by Gasteiger charge is -2.32. The summed E-state index contributed by atoms with van der Waals surface area (Å²) >= 11 is 12.4. The Hall–Kier alpha value is -3.14. The number of carbonyl (C=O) groups excluding carboxylic acids is 2. The van der Waals surface area contributed by atoms with Crippen molar-refractivity contribution in [1.82, 2.24) is 10.2 Å². The van der Waals surface area contributed by atoms with Crippen LogP contribution in [0.25, 0.3) is 0 Å². The lowest BCUT2D eigenvalue weighted by atomic mass is 10.1. The van der Waals surface area contributed by atoms with Crippen LogP contribution in [0.1, 0.15) is 38.3 Å². The van der Waals surface area contributed by atoms with Gasteiger partial charge in [0, 0.05) is 22.6 Å². The van der Waals surface area contributed by atoms with Crippen LogP contribution in [-0.2, 0) is 26.2 Å². The zero-order valence-corrected chi connectivity index (χ0v) is 25.0. The largest absolute Gasteiger partial charge is 0.352 e. The Balaban J connectivity index is 2.04. The van der Waals surface area contributed by atoms with Gasteiger partial charge in [-0.1, -0.05) is 53.9 Å². The number of amides is 2. The summed E-state index contributed by atoms with van der Waals surface area (Å²) in [6, 6.07) is 14.7. The quantitative estimate of drug-likeness (QED) is 0.291. The topological polar surface area (TPSA) is 86.8 Å². The van der Waals surface area contributed by atoms with Gasteiger partial charge < -0.3 is 10.2 Å². The number of benzene rings is 3. The Morgan fingerprint density at radius 1 is 0.975 bits per heavy atom. The van der Waals surface area contributed by atoms with Crippen LogP contribution >= 0.6 is 23.2 Å². The molecule has 11 heteroatoms. The molecule has 3 aromatic carbocycles. The monoisotopic (exact) mass is 607 g/mol. The van der Waals surface area contributed by atoms with E-state index in [0.717, 1.165) is 34.1 Å². The molecule has 0 aromatic heterocycles. The normalized spacial score (nSPS) is 12.9. The molecule has 40 heavy (non-hydrogen) atoms. The molecule has 3 rings (SSSR count). The summed E-state index contributed by atoms with van der Waals surface area (Å²) in [6.07, 6.45) is 0.687. The second-order valence-electron chi connectivity index (χ2n) is 9.55. The highest BCUT2D eigenvalue weighted by Gasteiger charge is 2.33. The van der Waals surface area contributed by atoms with Gasteiger partial charge in [-0.15, -0.1) is 0 Å². The molecule has 0 aliphatic rings. The van der Waals surface area contributed by atoms with E-state index < -0.39 is 40.2 Å². The molecule has 0 heterocycles. The van der Waals surface area contributed by atoms with E-state index in [1.165, 1.54) is 11.0 Å². The van der Waals surface area contributed by atoms with Crippen LogP contribution in [0.4, 0.5) is 10.1 Å². The molecule has 0 bridgehead atoms. The number of sulfonamides is 1. The van der Waals surface area contributed by atoms with Crippen molar-refractivity contribution in [2.45, 2.75) is 57.6 Å². The third kappa shape index (κ3) is 7.74. The summed E-state index contributed by atoms with van der Waals surface area (Å²) in [5.74, 6) is -1.62. The molecule has 2 atom stereocenters. The Morgan fingerprint density at radius 3 is 2.17 bits per heavy atom. The molecule has 2 unspecified atom stereocenters. The van der Waals surface area contributed by atoms with Gasteiger partial charge in [0.05, 0.1) is 10.6 Å². The van der Waals surface area contributed by atoms with Crippen LogP contribution in [0.2, 0.25) is 10.0 Å². The van der Waals surface area contributed by atoms with E-state index in [2.05, 4.69) is 5.32 Å². The summed E-state index contributed by atoms with van der Waals surface area (Å²) in [6.45, 7) is 6.51. The van der Waals surface area contributed by atoms with Gasteiger partial charge in [-0.05, 0) is 81.3 Å². The maximum atomic E-state index is 13.9. The fourth-order valence-corrected chi connectivity index (χ4v) is 5.74. The lowest BCUT2D eigenvalue weighted by Crippen LogP contribution is -2.52. The minimum atomic E-state index is -4.29. The highest BCUT2D eigenvalue weighted by atomic mass is 35.5. The Kier molecular flexibility index (Phi) is 10.6. The molecular formula is C29H32Cl2FN3O4S. The van der Waals surface area contributed by atoms with E-state index in [1.54, 1.807) is 43.3 Å². The number of nitrogens with zero attached hydrogens (tertiary/aromatic N) is 2. The Morgan fingerprint density at radius 2 is 1.60 bits per heavy atom. The number of aryl methyl sites for hydroxylation is 1. The number of hydrogen-bond acceptors (Lipinski definition) is 4. The third-order valence-corrected chi connectivity index (χ3v) is 8.90. The van der Waals surface area contributed by atoms with Crippen LogP contribution in [-0.4, -0.2) is 43.8 Å². The van der Waals surface area contributed by atoms with E-state index in [1.807, 2.05) is 20.8 Å². The average Bonchev–Trinajstić information content (AvgIpc) is 2.91. The number of halogens is 3. The number of carbonyl (C=O) groups is 2. The van der Waals surface area contributed by atoms with Crippen molar-refractivity contribution < 1.29 is 22.4 Å². The van der Waals surface area contributed by atoms with Crippen molar-refractivity contribution in [3.05, 3.63) is 93.7 Å². The highest BCUT2D eigenvalue weighted by Crippen LogP contribution is 2.27. The molecule has 1 N–H and O–H groups in total. The zero-order chi connectivity index (χ0) is 29.6. The van der Waals surface area contributed by atoms with Crippen molar-refractivity contribution in [2.24, 2.45) is 0 Å². The molecular weight excluding hydrogens is 576 g/mol. The molecule has 0 saturated heterocycles. The van der Waals surface area contributed by atoms with Gasteiger partial charge in [0.2, 0.25) is 11.8 Å². The standard InChI is InChI=1S/C29H32Cl2FN3O4S/c1-5-20(3)33-29(37)21(4)34(17-22-8-9-23(30)16-27(22)31)28(36)18-35(25-12-6-19(2)7-13-25)40(38,39)26-14-10-24(32)11-15-26/h6-16,20-21H,5,17-18H2,1-4H3,(H,33,37). The summed E-state index contributed by atoms with van der Waals surface area (Å²) < 4.78 is 42.0. The van der Waals surface area contributed by atoms with E-state index in [9.17, 15) is 22.4 Å². The summed E-state index contributed by atoms with van der Waals surface area (Å²) in [5.41, 5.74) is 1.67. The fraction of sp³-hybridized carbons (Fsp3) is 0.310. The smallest absolute Gasteiger partial charge is 0.264 e. The van der Waals surface area contributed by atoms with Gasteiger partial charge in [-0.25, -0.2) is 12.8 Å². The zero-order valence-electron chi connectivity index (χ0n) is 22.7. The number of rotatable bonds is 11. The van der Waals surface area contributed by atoms with E-state index in [-0.39, 0.29) is 23.2 Å². The minimum absolute atomic E-state index is 0.0672. The number of nitrogens with one attached hydrogen (secondary N) is 1. The van der Waals surface area contributed by atoms with Gasteiger partial charge >= 0.3 is 0 Å². The summed E-state index contributed by atoms with van der Waals surface area (Å²) in [4.78, 5) is 28.1. The first-order valence-corrected chi connectivity index (χ1v) is 14.9. The van der Waals surface area contributed by atoms with Crippen molar-refractivity contribution in [1.29, 1.82) is 0 Å². The lowest BCUT2D eigenvalue weighted by molar-refractivity contribution is -0.139. The first kappa shape index (κ1) is 31.4. The van der Waals surface area contributed by atoms with E-state index in [0.29, 0.717) is 22.0 Å². The summed E-state index contributed by atoms with van der Waals surface area (Å²) in [5, 5.41) is 3.58. The Bertz CT molecular complexity index is 1450. The molecule has 0 saturated carbocycles. The molecule has 0 radical (unpaired) electrons. The SMILES string of the molecule is CCC(C)NC(=O)C(C)N(Cc1ccc(Cl)cc1Cl)C(=O)CN(c1ccc(C)cc1)S(=O)(=O)c1ccc(F)cc1. The van der Waals surface area contributed by atoms with E-state index >= 15 is 0 Å². The summed E-state index contributed by atoms with van der Waals surface area (Å²) in [7, 11) is -4.29. The Labute approximate surface area is 244 Å². The van der Waals surface area contributed by atoms with Gasteiger partial charge in [0.15, 0.2) is 0 Å². The molecule has 2 amide bonds. The van der Waals surface area contributed by atoms with Crippen molar-refractivity contribution in [3.8, 4) is 0 Å². The van der Waals surface area contributed by atoms with Crippen LogP contribution in [0, 0.1) is 12.7 Å². The molecule has 0 aliphatic carbocycles. The first-order valence-electron chi connectivity index (χ1n) is 12.7. The number of hydrogen-bond donors (Lipinski definition) is 1. The van der Waals surface area contributed by atoms with Gasteiger partial charge in [-0.2, -0.15) is 0 Å². The maximum Gasteiger partial charge on any atom is 0.264 e. The second kappa shape index (κ2) is 13.5. The fourth-order valence-electron chi connectivity index (χ4n) is 3.86. The number of anilines is 1. The molecule has 3 aromatic rings. The van der Waals surface area contributed by atoms with Crippen LogP contribution in [0.3, 0.4) is 0 Å². The second-order valence-corrected chi connectivity index (χ2v) is 12.3. The highest BCUT2D eigenvalue weighted by molar-refractivity contribution is 7.92. The molecule has 0 aliphatic heterocycles. The molecule has 0 spiro atoms. The van der Waals surface area contributed by atoms with Crippen LogP contribution in [0.15, 0.2) is 71.6 Å². The third-order valence-electron chi connectivity index (χ3n) is 6.53. The predicted molar refractivity (Wildman–Crippen MR) is 156 cm³/mol. The van der Waals surface area contributed by atoms with Crippen molar-refractivity contribution >= 4 is 50.7 Å². The maximum absolute atomic E-state index is 13.9. The van der Waals surface area contributed by atoms with Gasteiger partial charge in [-0.3, -0.25) is 13.9 Å². The van der Waals surface area contributed by atoms with E-state index in [4.69, 9.17) is 23.2 Å². The van der Waals surface area contributed by atoms with Crippen molar-refractivity contribution in [2.75, 3.05) is 10.8 Å². The van der Waals surface area contributed by atoms with Crippen LogP contribution in [0.5, 0.6) is 0 Å². The minimum Gasteiger partial charge on any atom is -0.352 e. The molecule has 7 nitrogen and oxygen atoms in total. The predicted octanol–water partition coefficient (Wildman–Crippen LogP) is 5.97. The molecule has 0 fully saturated rings. The first-order chi connectivity index (χ1) is 18.8. The molecule has 214 valence electrons.